The van der Waals surface area contributed by atoms with E-state index in [0.717, 1.165) is 15.6 Å². The van der Waals surface area contributed by atoms with E-state index in [0.29, 0.717) is 23.7 Å². The largest absolute Gasteiger partial charge is 0.483 e. The van der Waals surface area contributed by atoms with Gasteiger partial charge in [0.25, 0.3) is 15.9 Å². The summed E-state index contributed by atoms with van der Waals surface area (Å²) in [6, 6.07) is 18.9. The van der Waals surface area contributed by atoms with Gasteiger partial charge in [0.15, 0.2) is 6.61 Å². The molecule has 3 aromatic rings. The van der Waals surface area contributed by atoms with E-state index in [-0.39, 0.29) is 17.4 Å². The van der Waals surface area contributed by atoms with E-state index in [2.05, 4.69) is 21.2 Å². The van der Waals surface area contributed by atoms with Gasteiger partial charge in [0.1, 0.15) is 5.75 Å². The standard InChI is InChI=1S/C24H25BrN2O4S/c1-4-27(21-8-6-5-7-9-21)32(29,30)22-12-10-20(11-13-22)26-23(28)16-31-24-17(2)14-19(25)15-18(24)3/h5-15H,4,16H2,1-3H3,(H,26,28). The van der Waals surface area contributed by atoms with Crippen LogP contribution in [0.25, 0.3) is 0 Å². The number of carbonyl (C=O) groups is 1. The molecule has 0 saturated carbocycles. The Hall–Kier alpha value is -2.84. The Labute approximate surface area is 197 Å². The smallest absolute Gasteiger partial charge is 0.264 e. The van der Waals surface area contributed by atoms with Crippen molar-refractivity contribution in [2.45, 2.75) is 25.7 Å². The van der Waals surface area contributed by atoms with E-state index >= 15 is 0 Å². The average molecular weight is 517 g/mol. The number of rotatable bonds is 8. The maximum Gasteiger partial charge on any atom is 0.264 e. The molecule has 32 heavy (non-hydrogen) atoms. The summed E-state index contributed by atoms with van der Waals surface area (Å²) < 4.78 is 34.1. The van der Waals surface area contributed by atoms with Crippen LogP contribution in [0, 0.1) is 13.8 Å². The average Bonchev–Trinajstić information content (AvgIpc) is 2.74. The van der Waals surface area contributed by atoms with E-state index in [1.807, 2.05) is 32.0 Å². The van der Waals surface area contributed by atoms with Crippen LogP contribution in [0.3, 0.4) is 0 Å². The maximum atomic E-state index is 13.1. The van der Waals surface area contributed by atoms with Crippen LogP contribution in [-0.2, 0) is 14.8 Å². The van der Waals surface area contributed by atoms with Gasteiger partial charge in [0, 0.05) is 16.7 Å². The zero-order chi connectivity index (χ0) is 23.3. The van der Waals surface area contributed by atoms with Crippen LogP contribution in [0.4, 0.5) is 11.4 Å². The number of benzene rings is 3. The lowest BCUT2D eigenvalue weighted by Gasteiger charge is -2.23. The Morgan fingerprint density at radius 3 is 2.16 bits per heavy atom. The number of hydrogen-bond donors (Lipinski definition) is 1. The number of carbonyl (C=O) groups excluding carboxylic acids is 1. The number of aryl methyl sites for hydroxylation is 2. The topological polar surface area (TPSA) is 75.7 Å². The molecule has 0 aromatic heterocycles. The fourth-order valence-corrected chi connectivity index (χ4v) is 5.54. The minimum absolute atomic E-state index is 0.151. The zero-order valence-electron chi connectivity index (χ0n) is 18.1. The van der Waals surface area contributed by atoms with Gasteiger partial charge >= 0.3 is 0 Å². The SMILES string of the molecule is CCN(c1ccccc1)S(=O)(=O)c1ccc(NC(=O)COc2c(C)cc(Br)cc2C)cc1. The van der Waals surface area contributed by atoms with Crippen molar-refractivity contribution in [1.29, 1.82) is 0 Å². The molecule has 1 amide bonds. The molecule has 168 valence electrons. The van der Waals surface area contributed by atoms with Gasteiger partial charge < -0.3 is 10.1 Å². The van der Waals surface area contributed by atoms with Crippen LogP contribution in [0.2, 0.25) is 0 Å². The van der Waals surface area contributed by atoms with Crippen molar-refractivity contribution >= 4 is 43.2 Å². The molecule has 6 nitrogen and oxygen atoms in total. The van der Waals surface area contributed by atoms with Gasteiger partial charge in [0.05, 0.1) is 10.6 Å². The number of anilines is 2. The molecule has 0 aliphatic carbocycles. The summed E-state index contributed by atoms with van der Waals surface area (Å²) in [5.74, 6) is 0.340. The number of sulfonamides is 1. The van der Waals surface area contributed by atoms with Crippen LogP contribution < -0.4 is 14.4 Å². The van der Waals surface area contributed by atoms with E-state index < -0.39 is 10.0 Å². The van der Waals surface area contributed by atoms with Crippen molar-refractivity contribution in [2.24, 2.45) is 0 Å². The summed E-state index contributed by atoms with van der Waals surface area (Å²) in [6.07, 6.45) is 0. The summed E-state index contributed by atoms with van der Waals surface area (Å²) in [4.78, 5) is 12.5. The quantitative estimate of drug-likeness (QED) is 0.440. The van der Waals surface area contributed by atoms with Crippen molar-refractivity contribution in [3.8, 4) is 5.75 Å². The van der Waals surface area contributed by atoms with Gasteiger partial charge in [-0.2, -0.15) is 0 Å². The number of amides is 1. The first-order chi connectivity index (χ1) is 15.2. The Bertz CT molecular complexity index is 1170. The molecule has 0 atom stereocenters. The molecule has 0 bridgehead atoms. The Kier molecular flexibility index (Phi) is 7.58. The molecule has 0 aliphatic heterocycles. The van der Waals surface area contributed by atoms with Crippen molar-refractivity contribution in [3.63, 3.8) is 0 Å². The Morgan fingerprint density at radius 2 is 1.59 bits per heavy atom. The van der Waals surface area contributed by atoms with E-state index in [4.69, 9.17) is 4.74 Å². The lowest BCUT2D eigenvalue weighted by molar-refractivity contribution is -0.118. The lowest BCUT2D eigenvalue weighted by Crippen LogP contribution is -2.30. The highest BCUT2D eigenvalue weighted by Crippen LogP contribution is 2.27. The first kappa shape index (κ1) is 23.8. The summed E-state index contributed by atoms with van der Waals surface area (Å²) in [5.41, 5.74) is 2.95. The van der Waals surface area contributed by atoms with Crippen LogP contribution in [0.5, 0.6) is 5.75 Å². The highest BCUT2D eigenvalue weighted by Gasteiger charge is 2.23. The van der Waals surface area contributed by atoms with Gasteiger partial charge in [-0.3, -0.25) is 9.10 Å². The molecule has 0 saturated heterocycles. The first-order valence-corrected chi connectivity index (χ1v) is 12.3. The fourth-order valence-electron chi connectivity index (χ4n) is 3.38. The number of ether oxygens (including phenoxy) is 1. The van der Waals surface area contributed by atoms with Crippen molar-refractivity contribution < 1.29 is 17.9 Å². The molecule has 0 radical (unpaired) electrons. The molecule has 0 heterocycles. The molecule has 0 fully saturated rings. The van der Waals surface area contributed by atoms with Gasteiger partial charge in [-0.1, -0.05) is 34.1 Å². The predicted octanol–water partition coefficient (Wildman–Crippen LogP) is 5.30. The molecule has 3 aromatic carbocycles. The fraction of sp³-hybridized carbons (Fsp3) is 0.208. The number of nitrogens with zero attached hydrogens (tertiary/aromatic N) is 1. The highest BCUT2D eigenvalue weighted by atomic mass is 79.9. The summed E-state index contributed by atoms with van der Waals surface area (Å²) in [5, 5.41) is 2.73. The van der Waals surface area contributed by atoms with Gasteiger partial charge in [-0.15, -0.1) is 0 Å². The monoisotopic (exact) mass is 516 g/mol. The predicted molar refractivity (Wildman–Crippen MR) is 131 cm³/mol. The third kappa shape index (κ3) is 5.49. The molecule has 1 N–H and O–H groups in total. The number of nitrogens with one attached hydrogen (secondary N) is 1. The molecule has 0 unspecified atom stereocenters. The zero-order valence-corrected chi connectivity index (χ0v) is 20.5. The molecule has 0 aliphatic rings. The molecular formula is C24H25BrN2O4S. The van der Waals surface area contributed by atoms with Gasteiger partial charge in [0.2, 0.25) is 0 Å². The minimum Gasteiger partial charge on any atom is -0.483 e. The molecular weight excluding hydrogens is 492 g/mol. The van der Waals surface area contributed by atoms with Crippen molar-refractivity contribution in [1.82, 2.24) is 0 Å². The molecule has 8 heteroatoms. The second kappa shape index (κ2) is 10.2. The minimum atomic E-state index is -3.72. The first-order valence-electron chi connectivity index (χ1n) is 10.1. The van der Waals surface area contributed by atoms with Gasteiger partial charge in [-0.05, 0) is 80.4 Å². The van der Waals surface area contributed by atoms with Crippen LogP contribution in [0.15, 0.2) is 76.1 Å². The number of halogens is 1. The van der Waals surface area contributed by atoms with Crippen molar-refractivity contribution in [2.75, 3.05) is 22.8 Å². The van der Waals surface area contributed by atoms with E-state index in [1.165, 1.54) is 16.4 Å². The molecule has 3 rings (SSSR count). The van der Waals surface area contributed by atoms with Gasteiger partial charge in [-0.25, -0.2) is 8.42 Å². The summed E-state index contributed by atoms with van der Waals surface area (Å²) >= 11 is 3.44. The third-order valence-electron chi connectivity index (χ3n) is 4.83. The van der Waals surface area contributed by atoms with E-state index in [1.54, 1.807) is 43.3 Å². The maximum absolute atomic E-state index is 13.1. The van der Waals surface area contributed by atoms with Crippen LogP contribution >= 0.6 is 15.9 Å². The number of hydrogen-bond acceptors (Lipinski definition) is 4. The second-order valence-corrected chi connectivity index (χ2v) is 10.0. The number of para-hydroxylation sites is 1. The Morgan fingerprint density at radius 1 is 1.00 bits per heavy atom. The van der Waals surface area contributed by atoms with Crippen LogP contribution in [-0.4, -0.2) is 27.5 Å². The molecule has 0 spiro atoms. The summed E-state index contributed by atoms with van der Waals surface area (Å²) in [7, 11) is -3.72. The van der Waals surface area contributed by atoms with Crippen LogP contribution in [0.1, 0.15) is 18.1 Å². The Balaban J connectivity index is 1.67. The van der Waals surface area contributed by atoms with E-state index in [9.17, 15) is 13.2 Å². The summed E-state index contributed by atoms with van der Waals surface area (Å²) in [6.45, 7) is 5.77. The second-order valence-electron chi connectivity index (χ2n) is 7.24. The highest BCUT2D eigenvalue weighted by molar-refractivity contribution is 9.10. The lowest BCUT2D eigenvalue weighted by atomic mass is 10.1. The normalized spacial score (nSPS) is 11.1. The van der Waals surface area contributed by atoms with Crippen molar-refractivity contribution in [3.05, 3.63) is 82.3 Å². The third-order valence-corrected chi connectivity index (χ3v) is 7.21.